The molecule has 0 fully saturated rings. The molecular formula is C13H15BrN2O3. The van der Waals surface area contributed by atoms with E-state index in [1.54, 1.807) is 0 Å². The van der Waals surface area contributed by atoms with Crippen molar-refractivity contribution in [1.82, 2.24) is 10.2 Å². The van der Waals surface area contributed by atoms with Crippen molar-refractivity contribution in [3.05, 3.63) is 39.5 Å². The molecule has 102 valence electrons. The van der Waals surface area contributed by atoms with Gasteiger partial charge < -0.3 is 14.3 Å². The first kappa shape index (κ1) is 14.0. The van der Waals surface area contributed by atoms with E-state index >= 15 is 0 Å². The molecule has 0 bridgehead atoms. The van der Waals surface area contributed by atoms with E-state index in [1.165, 1.54) is 0 Å². The van der Waals surface area contributed by atoms with Gasteiger partial charge in [-0.15, -0.1) is 10.2 Å². The normalized spacial score (nSPS) is 10.7. The lowest BCUT2D eigenvalue weighted by Gasteiger charge is -2.12. The van der Waals surface area contributed by atoms with E-state index in [-0.39, 0.29) is 13.2 Å². The van der Waals surface area contributed by atoms with Crippen LogP contribution in [-0.2, 0) is 19.6 Å². The first-order valence-corrected chi connectivity index (χ1v) is 6.77. The van der Waals surface area contributed by atoms with Crippen LogP contribution in [0.3, 0.4) is 0 Å². The Morgan fingerprint density at radius 2 is 2.05 bits per heavy atom. The minimum absolute atomic E-state index is 0.0837. The lowest BCUT2D eigenvalue weighted by molar-refractivity contribution is 0.238. The SMILES string of the molecule is CCc1nnc(COc2c(C)cc(Br)cc2CO)o1. The van der Waals surface area contributed by atoms with Crippen LogP contribution >= 0.6 is 15.9 Å². The van der Waals surface area contributed by atoms with Crippen molar-refractivity contribution in [1.29, 1.82) is 0 Å². The Balaban J connectivity index is 2.14. The molecule has 1 N–H and O–H groups in total. The molecule has 0 saturated carbocycles. The van der Waals surface area contributed by atoms with E-state index in [4.69, 9.17) is 9.15 Å². The Kier molecular flexibility index (Phi) is 4.55. The molecule has 6 heteroatoms. The van der Waals surface area contributed by atoms with Gasteiger partial charge in [-0.1, -0.05) is 22.9 Å². The van der Waals surface area contributed by atoms with E-state index in [0.29, 0.717) is 24.0 Å². The standard InChI is InChI=1S/C13H15BrN2O3/c1-3-11-15-16-12(19-11)7-18-13-8(2)4-10(14)5-9(13)6-17/h4-5,17H,3,6-7H2,1-2H3. The zero-order valence-corrected chi connectivity index (χ0v) is 12.4. The average molecular weight is 327 g/mol. The first-order valence-electron chi connectivity index (χ1n) is 5.98. The molecule has 0 radical (unpaired) electrons. The van der Waals surface area contributed by atoms with Crippen LogP contribution in [0.25, 0.3) is 0 Å². The second-order valence-corrected chi connectivity index (χ2v) is 5.02. The van der Waals surface area contributed by atoms with Gasteiger partial charge in [0.2, 0.25) is 5.89 Å². The molecule has 2 rings (SSSR count). The molecule has 0 saturated heterocycles. The minimum atomic E-state index is -0.0837. The lowest BCUT2D eigenvalue weighted by atomic mass is 10.1. The minimum Gasteiger partial charge on any atom is -0.483 e. The number of hydrogen-bond donors (Lipinski definition) is 1. The third-order valence-corrected chi connectivity index (χ3v) is 3.10. The molecule has 5 nitrogen and oxygen atoms in total. The van der Waals surface area contributed by atoms with Gasteiger partial charge in [0.25, 0.3) is 5.89 Å². The first-order chi connectivity index (χ1) is 9.13. The number of aromatic nitrogens is 2. The number of aryl methyl sites for hydroxylation is 2. The Bertz CT molecular complexity index is 569. The van der Waals surface area contributed by atoms with Crippen molar-refractivity contribution in [3.63, 3.8) is 0 Å². The highest BCUT2D eigenvalue weighted by molar-refractivity contribution is 9.10. The second kappa shape index (κ2) is 6.16. The van der Waals surface area contributed by atoms with Crippen LogP contribution in [0, 0.1) is 6.92 Å². The summed E-state index contributed by atoms with van der Waals surface area (Å²) >= 11 is 3.39. The average Bonchev–Trinajstić information content (AvgIpc) is 2.84. The number of nitrogens with zero attached hydrogens (tertiary/aromatic N) is 2. The van der Waals surface area contributed by atoms with Crippen molar-refractivity contribution in [2.75, 3.05) is 0 Å². The van der Waals surface area contributed by atoms with Gasteiger partial charge in [-0.3, -0.25) is 0 Å². The van der Waals surface area contributed by atoms with Crippen molar-refractivity contribution in [3.8, 4) is 5.75 Å². The maximum atomic E-state index is 9.35. The third kappa shape index (κ3) is 3.33. The van der Waals surface area contributed by atoms with Crippen LogP contribution in [0.15, 0.2) is 21.0 Å². The number of aliphatic hydroxyl groups excluding tert-OH is 1. The summed E-state index contributed by atoms with van der Waals surface area (Å²) in [6.45, 7) is 3.98. The van der Waals surface area contributed by atoms with Gasteiger partial charge in [0.15, 0.2) is 6.61 Å². The van der Waals surface area contributed by atoms with Gasteiger partial charge in [0, 0.05) is 16.5 Å². The molecule has 0 aliphatic heterocycles. The van der Waals surface area contributed by atoms with E-state index in [9.17, 15) is 5.11 Å². The molecule has 0 atom stereocenters. The van der Waals surface area contributed by atoms with Crippen LogP contribution in [0.4, 0.5) is 0 Å². The van der Waals surface area contributed by atoms with Gasteiger partial charge in [0.05, 0.1) is 6.61 Å². The zero-order valence-electron chi connectivity index (χ0n) is 10.8. The topological polar surface area (TPSA) is 68.4 Å². The quantitative estimate of drug-likeness (QED) is 0.914. The van der Waals surface area contributed by atoms with Crippen molar-refractivity contribution in [2.24, 2.45) is 0 Å². The number of aliphatic hydroxyl groups is 1. The van der Waals surface area contributed by atoms with Crippen LogP contribution in [0.1, 0.15) is 29.8 Å². The summed E-state index contributed by atoms with van der Waals surface area (Å²) in [5.74, 6) is 1.68. The summed E-state index contributed by atoms with van der Waals surface area (Å²) in [6, 6.07) is 3.76. The molecule has 1 aromatic heterocycles. The van der Waals surface area contributed by atoms with E-state index in [0.717, 1.165) is 15.6 Å². The van der Waals surface area contributed by atoms with Crippen LogP contribution in [0.5, 0.6) is 5.75 Å². The Hall–Kier alpha value is -1.40. The van der Waals surface area contributed by atoms with E-state index in [1.807, 2.05) is 26.0 Å². The summed E-state index contributed by atoms with van der Waals surface area (Å²) in [4.78, 5) is 0. The maximum Gasteiger partial charge on any atom is 0.253 e. The van der Waals surface area contributed by atoms with Crippen molar-refractivity contribution >= 4 is 15.9 Å². The monoisotopic (exact) mass is 326 g/mol. The van der Waals surface area contributed by atoms with Gasteiger partial charge >= 0.3 is 0 Å². The highest BCUT2D eigenvalue weighted by Gasteiger charge is 2.11. The molecule has 19 heavy (non-hydrogen) atoms. The molecule has 2 aromatic rings. The maximum absolute atomic E-state index is 9.35. The molecule has 1 aromatic carbocycles. The Morgan fingerprint density at radius 1 is 1.32 bits per heavy atom. The number of rotatable bonds is 5. The fraction of sp³-hybridized carbons (Fsp3) is 0.385. The molecule has 0 unspecified atom stereocenters. The third-order valence-electron chi connectivity index (χ3n) is 2.64. The Labute approximate surface area is 119 Å². The zero-order chi connectivity index (χ0) is 13.8. The van der Waals surface area contributed by atoms with Gasteiger partial charge in [-0.05, 0) is 24.6 Å². The number of hydrogen-bond acceptors (Lipinski definition) is 5. The van der Waals surface area contributed by atoms with Crippen molar-refractivity contribution < 1.29 is 14.3 Å². The van der Waals surface area contributed by atoms with E-state index in [2.05, 4.69) is 26.1 Å². The summed E-state index contributed by atoms with van der Waals surface area (Å²) in [5, 5.41) is 17.1. The lowest BCUT2D eigenvalue weighted by Crippen LogP contribution is -2.01. The van der Waals surface area contributed by atoms with Gasteiger partial charge in [-0.25, -0.2) is 0 Å². The molecule has 1 heterocycles. The summed E-state index contributed by atoms with van der Waals surface area (Å²) in [6.07, 6.45) is 0.701. The largest absolute Gasteiger partial charge is 0.483 e. The predicted octanol–water partition coefficient (Wildman–Crippen LogP) is 2.77. The smallest absolute Gasteiger partial charge is 0.253 e. The molecule has 0 aliphatic carbocycles. The molecule has 0 spiro atoms. The molecule has 0 aliphatic rings. The number of halogens is 1. The second-order valence-electron chi connectivity index (χ2n) is 4.10. The van der Waals surface area contributed by atoms with Gasteiger partial charge in [0.1, 0.15) is 5.75 Å². The number of ether oxygens (including phenoxy) is 1. The highest BCUT2D eigenvalue weighted by atomic mass is 79.9. The summed E-state index contributed by atoms with van der Waals surface area (Å²) in [7, 11) is 0. The molecular weight excluding hydrogens is 312 g/mol. The summed E-state index contributed by atoms with van der Waals surface area (Å²) < 4.78 is 12.0. The van der Waals surface area contributed by atoms with Crippen LogP contribution < -0.4 is 4.74 Å². The fourth-order valence-corrected chi connectivity index (χ4v) is 2.37. The van der Waals surface area contributed by atoms with E-state index < -0.39 is 0 Å². The highest BCUT2D eigenvalue weighted by Crippen LogP contribution is 2.28. The van der Waals surface area contributed by atoms with Crippen LogP contribution in [0.2, 0.25) is 0 Å². The van der Waals surface area contributed by atoms with Crippen molar-refractivity contribution in [2.45, 2.75) is 33.5 Å². The van der Waals surface area contributed by atoms with Crippen LogP contribution in [-0.4, -0.2) is 15.3 Å². The Morgan fingerprint density at radius 3 is 2.68 bits per heavy atom. The number of benzene rings is 1. The van der Waals surface area contributed by atoms with Gasteiger partial charge in [-0.2, -0.15) is 0 Å². The predicted molar refractivity (Wildman–Crippen MR) is 72.8 cm³/mol. The summed E-state index contributed by atoms with van der Waals surface area (Å²) in [5.41, 5.74) is 1.66. The molecule has 0 amide bonds. The fourth-order valence-electron chi connectivity index (χ4n) is 1.75.